The molecule has 1 aromatic carbocycles. The zero-order valence-electron chi connectivity index (χ0n) is 18.8. The molecule has 5 nitrogen and oxygen atoms in total. The van der Waals surface area contributed by atoms with Crippen LogP contribution in [0.4, 0.5) is 0 Å². The fraction of sp³-hybridized carbons (Fsp3) is 0.708. The molecule has 0 bridgehead atoms. The van der Waals surface area contributed by atoms with Gasteiger partial charge in [0.1, 0.15) is 12.4 Å². The van der Waals surface area contributed by atoms with Gasteiger partial charge in [0.15, 0.2) is 0 Å². The normalized spacial score (nSPS) is 21.2. The van der Waals surface area contributed by atoms with Crippen molar-refractivity contribution >= 4 is 5.91 Å². The van der Waals surface area contributed by atoms with E-state index in [2.05, 4.69) is 45.8 Å². The van der Waals surface area contributed by atoms with Crippen molar-refractivity contribution in [3.63, 3.8) is 0 Å². The molecule has 29 heavy (non-hydrogen) atoms. The van der Waals surface area contributed by atoms with Crippen molar-refractivity contribution in [3.8, 4) is 5.75 Å². The number of fused-ring (bicyclic) bond motifs is 1. The van der Waals surface area contributed by atoms with E-state index in [0.717, 1.165) is 31.6 Å². The van der Waals surface area contributed by atoms with Gasteiger partial charge in [-0.3, -0.25) is 4.79 Å². The second kappa shape index (κ2) is 9.48. The topological polar surface area (TPSA) is 53.0 Å². The van der Waals surface area contributed by atoms with E-state index in [0.29, 0.717) is 38.5 Å². The second-order valence-electron chi connectivity index (χ2n) is 9.27. The summed E-state index contributed by atoms with van der Waals surface area (Å²) in [6.45, 7) is 9.42. The van der Waals surface area contributed by atoms with Gasteiger partial charge in [0.25, 0.3) is 0 Å². The van der Waals surface area contributed by atoms with E-state index in [9.17, 15) is 9.90 Å². The first kappa shape index (κ1) is 22.1. The van der Waals surface area contributed by atoms with E-state index in [1.54, 1.807) is 0 Å². The van der Waals surface area contributed by atoms with Gasteiger partial charge in [-0.05, 0) is 94.3 Å². The number of aryl methyl sites for hydroxylation is 1. The molecule has 1 aromatic rings. The summed E-state index contributed by atoms with van der Waals surface area (Å²) in [5.41, 5.74) is 5.41. The average Bonchev–Trinajstić information content (AvgIpc) is 2.70. The molecular weight excluding hydrogens is 364 g/mol. The predicted molar refractivity (Wildman–Crippen MR) is 116 cm³/mol. The predicted octanol–water partition coefficient (Wildman–Crippen LogP) is 2.97. The Bertz CT molecular complexity index is 723. The van der Waals surface area contributed by atoms with Gasteiger partial charge >= 0.3 is 0 Å². The molecule has 1 amide bonds. The number of amides is 1. The first-order valence-electron chi connectivity index (χ1n) is 11.1. The van der Waals surface area contributed by atoms with Crippen LogP contribution in [0.2, 0.25) is 0 Å². The number of ether oxygens (including phenoxy) is 1. The molecule has 0 radical (unpaired) electrons. The molecule has 1 aliphatic carbocycles. The molecule has 0 spiro atoms. The van der Waals surface area contributed by atoms with Crippen LogP contribution in [0, 0.1) is 25.7 Å². The monoisotopic (exact) mass is 402 g/mol. The Hall–Kier alpha value is -1.59. The number of likely N-dealkylation sites (N-methyl/N-ethyl adjacent to an activating group) is 1. The fourth-order valence-electron chi connectivity index (χ4n) is 4.81. The summed E-state index contributed by atoms with van der Waals surface area (Å²) >= 11 is 0. The summed E-state index contributed by atoms with van der Waals surface area (Å²) in [6, 6.07) is 2.19. The van der Waals surface area contributed by atoms with E-state index in [4.69, 9.17) is 4.74 Å². The van der Waals surface area contributed by atoms with E-state index in [1.807, 2.05) is 4.90 Å². The lowest BCUT2D eigenvalue weighted by molar-refractivity contribution is -0.138. The number of carbonyl (C=O) groups excluding carboxylic acids is 1. The van der Waals surface area contributed by atoms with Gasteiger partial charge in [-0.15, -0.1) is 0 Å². The Labute approximate surface area is 176 Å². The molecule has 2 atom stereocenters. The Morgan fingerprint density at radius 3 is 2.59 bits per heavy atom. The third-order valence-electron chi connectivity index (χ3n) is 6.91. The zero-order chi connectivity index (χ0) is 21.1. The Balaban J connectivity index is 1.71. The molecule has 2 aliphatic rings. The highest BCUT2D eigenvalue weighted by atomic mass is 16.5. The molecular formula is C24H38N2O3. The number of nitrogens with zero attached hydrogens (tertiary/aromatic N) is 2. The maximum atomic E-state index is 13.1. The highest BCUT2D eigenvalue weighted by molar-refractivity contribution is 5.79. The van der Waals surface area contributed by atoms with Crippen LogP contribution in [0.15, 0.2) is 6.07 Å². The van der Waals surface area contributed by atoms with Gasteiger partial charge in [-0.1, -0.05) is 6.92 Å². The van der Waals surface area contributed by atoms with Crippen LogP contribution in [0.25, 0.3) is 0 Å². The molecule has 1 aliphatic heterocycles. The Kier molecular flexibility index (Phi) is 7.23. The number of aliphatic hydroxyl groups excluding tert-OH is 1. The van der Waals surface area contributed by atoms with Gasteiger partial charge in [-0.25, -0.2) is 0 Å². The minimum Gasteiger partial charge on any atom is -0.492 e. The third kappa shape index (κ3) is 5.13. The Morgan fingerprint density at radius 2 is 1.93 bits per heavy atom. The van der Waals surface area contributed by atoms with Crippen LogP contribution in [0.3, 0.4) is 0 Å². The number of piperidine rings is 1. The van der Waals surface area contributed by atoms with Gasteiger partial charge < -0.3 is 19.6 Å². The van der Waals surface area contributed by atoms with Gasteiger partial charge in [0.2, 0.25) is 5.91 Å². The number of aliphatic hydroxyl groups is 1. The van der Waals surface area contributed by atoms with Crippen molar-refractivity contribution in [1.82, 2.24) is 9.80 Å². The summed E-state index contributed by atoms with van der Waals surface area (Å²) in [5, 5.41) is 9.73. The lowest BCUT2D eigenvalue weighted by Gasteiger charge is -2.36. The van der Waals surface area contributed by atoms with Crippen LogP contribution < -0.4 is 4.74 Å². The first-order valence-corrected chi connectivity index (χ1v) is 11.1. The maximum Gasteiger partial charge on any atom is 0.225 e. The van der Waals surface area contributed by atoms with Gasteiger partial charge in [-0.2, -0.15) is 0 Å². The molecule has 0 unspecified atom stereocenters. The minimum absolute atomic E-state index is 0.0245. The summed E-state index contributed by atoms with van der Waals surface area (Å²) in [6.07, 6.45) is 4.23. The first-order chi connectivity index (χ1) is 13.8. The molecule has 3 rings (SSSR count). The summed E-state index contributed by atoms with van der Waals surface area (Å²) < 4.78 is 6.10. The second-order valence-corrected chi connectivity index (χ2v) is 9.27. The van der Waals surface area contributed by atoms with Crippen molar-refractivity contribution in [2.75, 3.05) is 40.3 Å². The van der Waals surface area contributed by atoms with Crippen molar-refractivity contribution in [2.24, 2.45) is 11.8 Å². The van der Waals surface area contributed by atoms with Gasteiger partial charge in [0, 0.05) is 25.6 Å². The van der Waals surface area contributed by atoms with Crippen LogP contribution >= 0.6 is 0 Å². The van der Waals surface area contributed by atoms with E-state index in [-0.39, 0.29) is 17.9 Å². The third-order valence-corrected chi connectivity index (χ3v) is 6.91. The smallest absolute Gasteiger partial charge is 0.225 e. The van der Waals surface area contributed by atoms with Gasteiger partial charge in [0.05, 0.1) is 6.10 Å². The van der Waals surface area contributed by atoms with Crippen LogP contribution in [0.5, 0.6) is 5.75 Å². The molecule has 0 aromatic heterocycles. The molecule has 162 valence electrons. The molecule has 1 saturated heterocycles. The molecule has 1 N–H and O–H groups in total. The SMILES string of the molecule is Cc1cc(OCCN(C)C)c(C)c2c1CC[C@@H]([C@H](C)C(=O)N1CCC(O)CC1)C2. The molecule has 5 heteroatoms. The lowest BCUT2D eigenvalue weighted by Crippen LogP contribution is -2.44. The fourth-order valence-corrected chi connectivity index (χ4v) is 4.81. The van der Waals surface area contributed by atoms with E-state index in [1.165, 1.54) is 22.3 Å². The van der Waals surface area contributed by atoms with Crippen molar-refractivity contribution in [2.45, 2.75) is 59.0 Å². The zero-order valence-corrected chi connectivity index (χ0v) is 18.8. The number of carbonyl (C=O) groups is 1. The van der Waals surface area contributed by atoms with Crippen molar-refractivity contribution < 1.29 is 14.6 Å². The molecule has 0 saturated carbocycles. The van der Waals surface area contributed by atoms with Crippen LogP contribution in [-0.4, -0.2) is 67.3 Å². The van der Waals surface area contributed by atoms with E-state index < -0.39 is 0 Å². The average molecular weight is 403 g/mol. The maximum absolute atomic E-state index is 13.1. The highest BCUT2D eigenvalue weighted by Gasteiger charge is 2.33. The Morgan fingerprint density at radius 1 is 1.24 bits per heavy atom. The summed E-state index contributed by atoms with van der Waals surface area (Å²) in [7, 11) is 4.11. The van der Waals surface area contributed by atoms with Crippen molar-refractivity contribution in [1.29, 1.82) is 0 Å². The quantitative estimate of drug-likeness (QED) is 0.795. The number of hydrogen-bond acceptors (Lipinski definition) is 4. The lowest BCUT2D eigenvalue weighted by atomic mass is 9.74. The number of likely N-dealkylation sites (tertiary alicyclic amines) is 1. The van der Waals surface area contributed by atoms with Crippen LogP contribution in [0.1, 0.15) is 48.4 Å². The largest absolute Gasteiger partial charge is 0.492 e. The van der Waals surface area contributed by atoms with Crippen molar-refractivity contribution in [3.05, 3.63) is 28.3 Å². The number of hydrogen-bond donors (Lipinski definition) is 1. The summed E-state index contributed by atoms with van der Waals surface area (Å²) in [5.74, 6) is 1.65. The molecule has 1 fully saturated rings. The van der Waals surface area contributed by atoms with E-state index >= 15 is 0 Å². The van der Waals surface area contributed by atoms with Crippen LogP contribution in [-0.2, 0) is 17.6 Å². The standard InChI is InChI=1S/C24H38N2O3/c1-16-14-23(29-13-12-25(4)5)18(3)22-15-19(6-7-21(16)22)17(2)24(28)26-10-8-20(27)9-11-26/h14,17,19-20,27H,6-13,15H2,1-5H3/t17-,19+/m0/s1. The molecule has 1 heterocycles. The summed E-state index contributed by atoms with van der Waals surface area (Å²) in [4.78, 5) is 17.1. The number of rotatable bonds is 6. The minimum atomic E-state index is -0.243. The number of benzene rings is 1. The highest BCUT2D eigenvalue weighted by Crippen LogP contribution is 2.38.